The van der Waals surface area contributed by atoms with Crippen LogP contribution in [0.15, 0.2) is 24.3 Å². The summed E-state index contributed by atoms with van der Waals surface area (Å²) in [6, 6.07) is 7.87. The summed E-state index contributed by atoms with van der Waals surface area (Å²) in [5.74, 6) is 0. The molecule has 12 heavy (non-hydrogen) atoms. The Labute approximate surface area is 69.8 Å². The zero-order valence-electron chi connectivity index (χ0n) is 6.60. The van der Waals surface area contributed by atoms with Gasteiger partial charge in [-0.05, 0) is 29.8 Å². The van der Waals surface area contributed by atoms with Crippen LogP contribution in [0.2, 0.25) is 0 Å². The highest BCUT2D eigenvalue weighted by Crippen LogP contribution is 2.05. The Hall–Kier alpha value is -1.71. The first kappa shape index (κ1) is 6.97. The molecule has 1 aromatic carbocycles. The van der Waals surface area contributed by atoms with E-state index in [4.69, 9.17) is 0 Å². The van der Waals surface area contributed by atoms with Gasteiger partial charge >= 0.3 is 0 Å². The van der Waals surface area contributed by atoms with Gasteiger partial charge in [0, 0.05) is 0 Å². The average Bonchev–Trinajstić information content (AvgIpc) is 2.56. The molecule has 0 fully saturated rings. The number of benzene rings is 1. The number of aryl methyl sites for hydroxylation is 1. The quantitative estimate of drug-likeness (QED) is 0.617. The van der Waals surface area contributed by atoms with Crippen LogP contribution in [0.25, 0.3) is 5.69 Å². The van der Waals surface area contributed by atoms with E-state index in [1.165, 1.54) is 10.4 Å². The van der Waals surface area contributed by atoms with Crippen LogP contribution in [0.5, 0.6) is 0 Å². The molecule has 0 spiro atoms. The third kappa shape index (κ3) is 1.18. The number of tetrazole rings is 1. The van der Waals surface area contributed by atoms with Crippen molar-refractivity contribution in [2.24, 2.45) is 0 Å². The fourth-order valence-corrected chi connectivity index (χ4v) is 1.01. The summed E-state index contributed by atoms with van der Waals surface area (Å²) < 4.78 is 0. The van der Waals surface area contributed by atoms with Crippen molar-refractivity contribution in [2.45, 2.75) is 6.92 Å². The van der Waals surface area contributed by atoms with Gasteiger partial charge in [0.05, 0.1) is 5.69 Å². The highest BCUT2D eigenvalue weighted by molar-refractivity contribution is 5.32. The second-order valence-electron chi connectivity index (χ2n) is 2.52. The van der Waals surface area contributed by atoms with Gasteiger partial charge in [0.1, 0.15) is 0 Å². The number of hydrogen-bond donors (Lipinski definition) is 0. The van der Waals surface area contributed by atoms with Crippen molar-refractivity contribution < 1.29 is 0 Å². The van der Waals surface area contributed by atoms with Gasteiger partial charge in [-0.15, -0.1) is 15.0 Å². The van der Waals surface area contributed by atoms with Crippen molar-refractivity contribution in [2.75, 3.05) is 0 Å². The molecule has 0 aliphatic carbocycles. The maximum atomic E-state index is 3.80. The van der Waals surface area contributed by atoms with E-state index in [0.29, 0.717) is 0 Å². The van der Waals surface area contributed by atoms with Crippen LogP contribution in [-0.2, 0) is 0 Å². The monoisotopic (exact) mass is 159 g/mol. The molecule has 2 rings (SSSR count). The van der Waals surface area contributed by atoms with Gasteiger partial charge in [-0.25, -0.2) is 0 Å². The highest BCUT2D eigenvalue weighted by atomic mass is 15.6. The molecule has 1 aromatic heterocycles. The lowest BCUT2D eigenvalue weighted by Gasteiger charge is -1.97. The molecule has 0 atom stereocenters. The largest absolute Gasteiger partial charge is 0.246 e. The Bertz CT molecular complexity index is 366. The van der Waals surface area contributed by atoms with Gasteiger partial charge in [0.15, 0.2) is 0 Å². The minimum atomic E-state index is 0.906. The summed E-state index contributed by atoms with van der Waals surface area (Å²) >= 11 is 0. The van der Waals surface area contributed by atoms with Gasteiger partial charge in [-0.2, -0.15) is 0 Å². The van der Waals surface area contributed by atoms with E-state index in [2.05, 4.69) is 21.7 Å². The summed E-state index contributed by atoms with van der Waals surface area (Å²) in [5, 5.41) is 11.0. The summed E-state index contributed by atoms with van der Waals surface area (Å²) in [4.78, 5) is 1.44. The molecule has 0 amide bonds. The van der Waals surface area contributed by atoms with Crippen molar-refractivity contribution in [1.82, 2.24) is 20.2 Å². The molecule has 59 valence electrons. The number of nitrogens with zero attached hydrogens (tertiary/aromatic N) is 4. The van der Waals surface area contributed by atoms with E-state index in [0.717, 1.165) is 5.69 Å². The van der Waals surface area contributed by atoms with E-state index in [1.807, 2.05) is 31.2 Å². The molecule has 0 bridgehead atoms. The Morgan fingerprint density at radius 1 is 1.42 bits per heavy atom. The topological polar surface area (TPSA) is 43.6 Å². The van der Waals surface area contributed by atoms with Crippen molar-refractivity contribution in [3.8, 4) is 5.69 Å². The van der Waals surface area contributed by atoms with Gasteiger partial charge in [-0.1, -0.05) is 12.1 Å². The van der Waals surface area contributed by atoms with E-state index in [-0.39, 0.29) is 0 Å². The first-order valence-electron chi connectivity index (χ1n) is 3.59. The van der Waals surface area contributed by atoms with Crippen molar-refractivity contribution in [3.05, 3.63) is 36.2 Å². The first-order chi connectivity index (χ1) is 5.86. The van der Waals surface area contributed by atoms with Crippen LogP contribution < -0.4 is 0 Å². The van der Waals surface area contributed by atoms with Crippen LogP contribution in [0.4, 0.5) is 0 Å². The van der Waals surface area contributed by atoms with Gasteiger partial charge < -0.3 is 0 Å². The zero-order valence-corrected chi connectivity index (χ0v) is 6.60. The number of aromatic nitrogens is 4. The lowest BCUT2D eigenvalue weighted by molar-refractivity contribution is 0.719. The normalized spacial score (nSPS) is 10.1. The fourth-order valence-electron chi connectivity index (χ4n) is 1.01. The second kappa shape index (κ2) is 2.73. The van der Waals surface area contributed by atoms with Crippen LogP contribution in [0.3, 0.4) is 0 Å². The minimum absolute atomic E-state index is 0.906. The number of rotatable bonds is 1. The SMILES string of the molecule is Cc1cccc(-n2n[c]nn2)c1. The molecule has 1 heterocycles. The molecular weight excluding hydrogens is 152 g/mol. The zero-order chi connectivity index (χ0) is 8.39. The molecule has 2 aromatic rings. The molecule has 0 saturated heterocycles. The summed E-state index contributed by atoms with van der Waals surface area (Å²) in [5.41, 5.74) is 2.08. The van der Waals surface area contributed by atoms with Gasteiger partial charge in [-0.3, -0.25) is 0 Å². The molecule has 0 N–H and O–H groups in total. The Kier molecular flexibility index (Phi) is 1.59. The van der Waals surface area contributed by atoms with Crippen LogP contribution in [-0.4, -0.2) is 20.2 Å². The molecule has 1 radical (unpaired) electrons. The predicted octanol–water partition coefficient (Wildman–Crippen LogP) is 0.771. The van der Waals surface area contributed by atoms with Crippen LogP contribution >= 0.6 is 0 Å². The lowest BCUT2D eigenvalue weighted by Crippen LogP contribution is -1.98. The molecule has 0 aliphatic rings. The van der Waals surface area contributed by atoms with Crippen LogP contribution in [0.1, 0.15) is 5.56 Å². The molecular formula is C8H7N4. The summed E-state index contributed by atoms with van der Waals surface area (Å²) in [6.45, 7) is 2.02. The standard InChI is InChI=1S/C8H7N4/c1-7-3-2-4-8(5-7)12-10-6-9-11-12/h2-5H,1H3. The predicted molar refractivity (Wildman–Crippen MR) is 42.7 cm³/mol. The Balaban J connectivity index is 2.48. The molecule has 0 unspecified atom stereocenters. The van der Waals surface area contributed by atoms with Crippen molar-refractivity contribution in [3.63, 3.8) is 0 Å². The average molecular weight is 159 g/mol. The van der Waals surface area contributed by atoms with E-state index in [1.54, 1.807) is 0 Å². The van der Waals surface area contributed by atoms with E-state index >= 15 is 0 Å². The Morgan fingerprint density at radius 3 is 3.00 bits per heavy atom. The molecule has 4 nitrogen and oxygen atoms in total. The summed E-state index contributed by atoms with van der Waals surface area (Å²) in [6.07, 6.45) is 2.40. The van der Waals surface area contributed by atoms with E-state index in [9.17, 15) is 0 Å². The van der Waals surface area contributed by atoms with Crippen LogP contribution in [0, 0.1) is 13.3 Å². The van der Waals surface area contributed by atoms with Crippen molar-refractivity contribution in [1.29, 1.82) is 0 Å². The highest BCUT2D eigenvalue weighted by Gasteiger charge is 1.96. The smallest absolute Gasteiger partial charge is 0.130 e. The van der Waals surface area contributed by atoms with Gasteiger partial charge in [0.2, 0.25) is 6.33 Å². The van der Waals surface area contributed by atoms with Gasteiger partial charge in [0.25, 0.3) is 0 Å². The molecule has 0 aliphatic heterocycles. The number of hydrogen-bond acceptors (Lipinski definition) is 3. The third-order valence-corrected chi connectivity index (χ3v) is 1.55. The molecule has 4 heteroatoms. The van der Waals surface area contributed by atoms with Crippen molar-refractivity contribution >= 4 is 0 Å². The first-order valence-corrected chi connectivity index (χ1v) is 3.59. The fraction of sp³-hybridized carbons (Fsp3) is 0.125. The third-order valence-electron chi connectivity index (χ3n) is 1.55. The maximum absolute atomic E-state index is 3.80. The lowest BCUT2D eigenvalue weighted by atomic mass is 10.2. The van der Waals surface area contributed by atoms with E-state index < -0.39 is 0 Å². The maximum Gasteiger partial charge on any atom is 0.246 e. The second-order valence-corrected chi connectivity index (χ2v) is 2.52. The minimum Gasteiger partial charge on any atom is -0.130 e. The summed E-state index contributed by atoms with van der Waals surface area (Å²) in [7, 11) is 0. The molecule has 0 saturated carbocycles. The Morgan fingerprint density at radius 2 is 2.33 bits per heavy atom.